The fourth-order valence-corrected chi connectivity index (χ4v) is 1.31. The Morgan fingerprint density at radius 2 is 2.08 bits per heavy atom. The van der Waals surface area contributed by atoms with Crippen LogP contribution in [0.25, 0.3) is 0 Å². The molecule has 4 heteroatoms. The lowest BCUT2D eigenvalue weighted by Gasteiger charge is -2.09. The van der Waals surface area contributed by atoms with Gasteiger partial charge in [-0.25, -0.2) is 0 Å². The molecule has 0 spiro atoms. The fraction of sp³-hybridized carbons (Fsp3) is 0.444. The predicted octanol–water partition coefficient (Wildman–Crippen LogP) is 0.431. The summed E-state index contributed by atoms with van der Waals surface area (Å²) in [7, 11) is 1.71. The van der Waals surface area contributed by atoms with Crippen LogP contribution in [0.1, 0.15) is 11.9 Å². The third-order valence-electron chi connectivity index (χ3n) is 2.00. The molecular formula is C9H11NO3. The Balaban J connectivity index is 2.30. The maximum Gasteiger partial charge on any atom is 0.250 e. The number of hydrogen-bond acceptors (Lipinski definition) is 3. The summed E-state index contributed by atoms with van der Waals surface area (Å²) < 4.78 is 12.1. The molecule has 1 aromatic rings. The summed E-state index contributed by atoms with van der Waals surface area (Å²) in [5.74, 6) is 0. The van der Waals surface area contributed by atoms with Gasteiger partial charge in [0.05, 0.1) is 13.2 Å². The van der Waals surface area contributed by atoms with E-state index >= 15 is 0 Å². The highest BCUT2D eigenvalue weighted by Gasteiger charge is 2.18. The summed E-state index contributed by atoms with van der Waals surface area (Å²) in [6.45, 7) is 1.24. The first-order valence-electron chi connectivity index (χ1n) is 4.17. The average molecular weight is 181 g/mol. The summed E-state index contributed by atoms with van der Waals surface area (Å²) in [6, 6.07) is 3.25. The van der Waals surface area contributed by atoms with Crippen LogP contribution in [-0.4, -0.2) is 17.8 Å². The molecule has 1 aliphatic heterocycles. The Morgan fingerprint density at radius 1 is 1.38 bits per heavy atom. The monoisotopic (exact) mass is 181 g/mol. The molecule has 0 atom stereocenters. The van der Waals surface area contributed by atoms with Gasteiger partial charge in [0.15, 0.2) is 6.29 Å². The van der Waals surface area contributed by atoms with Crippen LogP contribution in [0.15, 0.2) is 23.1 Å². The number of pyridine rings is 1. The molecule has 4 nitrogen and oxygen atoms in total. The highest BCUT2D eigenvalue weighted by atomic mass is 16.7. The molecule has 0 aliphatic carbocycles. The third-order valence-corrected chi connectivity index (χ3v) is 2.00. The average Bonchev–Trinajstić information content (AvgIpc) is 2.62. The zero-order chi connectivity index (χ0) is 9.26. The Kier molecular flexibility index (Phi) is 2.16. The number of rotatable bonds is 1. The maximum absolute atomic E-state index is 11.1. The molecule has 0 amide bonds. The van der Waals surface area contributed by atoms with Gasteiger partial charge in [-0.3, -0.25) is 4.79 Å². The molecule has 0 radical (unpaired) electrons. The van der Waals surface area contributed by atoms with Crippen LogP contribution in [-0.2, 0) is 16.5 Å². The second-order valence-corrected chi connectivity index (χ2v) is 2.99. The zero-order valence-corrected chi connectivity index (χ0v) is 7.40. The standard InChI is InChI=1S/C9H11NO3/c1-10-6-7(2-3-8(10)11)9-12-4-5-13-9/h2-3,6,9H,4-5H2,1H3. The predicted molar refractivity (Wildman–Crippen MR) is 46.3 cm³/mol. The second-order valence-electron chi connectivity index (χ2n) is 2.99. The summed E-state index contributed by atoms with van der Waals surface area (Å²) >= 11 is 0. The van der Waals surface area contributed by atoms with Crippen molar-refractivity contribution in [3.8, 4) is 0 Å². The van der Waals surface area contributed by atoms with Crippen molar-refractivity contribution in [2.24, 2.45) is 7.05 Å². The van der Waals surface area contributed by atoms with E-state index < -0.39 is 0 Å². The largest absolute Gasteiger partial charge is 0.346 e. The van der Waals surface area contributed by atoms with Crippen LogP contribution in [0, 0.1) is 0 Å². The first-order chi connectivity index (χ1) is 6.27. The van der Waals surface area contributed by atoms with Gasteiger partial charge >= 0.3 is 0 Å². The van der Waals surface area contributed by atoms with Crippen LogP contribution in [0.5, 0.6) is 0 Å². The van der Waals surface area contributed by atoms with Crippen LogP contribution < -0.4 is 5.56 Å². The number of ether oxygens (including phenoxy) is 2. The highest BCUT2D eigenvalue weighted by molar-refractivity contribution is 5.11. The molecule has 70 valence electrons. The molecule has 0 aromatic carbocycles. The van der Waals surface area contributed by atoms with Crippen molar-refractivity contribution >= 4 is 0 Å². The van der Waals surface area contributed by atoms with E-state index in [1.54, 1.807) is 19.3 Å². The second kappa shape index (κ2) is 3.32. The summed E-state index contributed by atoms with van der Waals surface area (Å²) in [5, 5.41) is 0. The normalized spacial score (nSPS) is 17.9. The van der Waals surface area contributed by atoms with E-state index in [0.29, 0.717) is 13.2 Å². The first kappa shape index (κ1) is 8.47. The van der Waals surface area contributed by atoms with Gasteiger partial charge in [0.25, 0.3) is 0 Å². The summed E-state index contributed by atoms with van der Waals surface area (Å²) in [4.78, 5) is 11.1. The highest BCUT2D eigenvalue weighted by Crippen LogP contribution is 2.21. The number of hydrogen-bond donors (Lipinski definition) is 0. The van der Waals surface area contributed by atoms with Gasteiger partial charge in [0, 0.05) is 24.9 Å². The number of aryl methyl sites for hydroxylation is 1. The molecule has 1 fully saturated rings. The molecule has 1 aromatic heterocycles. The Labute approximate surface area is 75.7 Å². The minimum Gasteiger partial charge on any atom is -0.346 e. The molecule has 2 heterocycles. The van der Waals surface area contributed by atoms with Crippen molar-refractivity contribution in [3.05, 3.63) is 34.2 Å². The molecule has 13 heavy (non-hydrogen) atoms. The fourth-order valence-electron chi connectivity index (χ4n) is 1.31. The lowest BCUT2D eigenvalue weighted by molar-refractivity contribution is -0.0445. The molecule has 2 rings (SSSR count). The van der Waals surface area contributed by atoms with E-state index in [1.165, 1.54) is 10.6 Å². The van der Waals surface area contributed by atoms with Gasteiger partial charge in [-0.2, -0.15) is 0 Å². The molecule has 0 unspecified atom stereocenters. The molecule has 1 saturated heterocycles. The van der Waals surface area contributed by atoms with E-state index in [1.807, 2.05) is 0 Å². The van der Waals surface area contributed by atoms with Crippen molar-refractivity contribution in [1.82, 2.24) is 4.57 Å². The molecule has 0 saturated carbocycles. The van der Waals surface area contributed by atoms with Crippen molar-refractivity contribution in [2.75, 3.05) is 13.2 Å². The van der Waals surface area contributed by atoms with E-state index in [2.05, 4.69) is 0 Å². The Hall–Kier alpha value is -1.13. The van der Waals surface area contributed by atoms with Crippen molar-refractivity contribution in [3.63, 3.8) is 0 Å². The van der Waals surface area contributed by atoms with Gasteiger partial charge in [-0.05, 0) is 6.07 Å². The van der Waals surface area contributed by atoms with Crippen LogP contribution in [0.3, 0.4) is 0 Å². The topological polar surface area (TPSA) is 40.5 Å². The lowest BCUT2D eigenvalue weighted by atomic mass is 10.3. The van der Waals surface area contributed by atoms with Gasteiger partial charge < -0.3 is 14.0 Å². The quantitative estimate of drug-likeness (QED) is 0.630. The van der Waals surface area contributed by atoms with E-state index in [4.69, 9.17) is 9.47 Å². The Bertz CT molecular complexity index is 352. The lowest BCUT2D eigenvalue weighted by Crippen LogP contribution is -2.16. The summed E-state index contributed by atoms with van der Waals surface area (Å²) in [5.41, 5.74) is 0.862. The molecule has 0 N–H and O–H groups in total. The van der Waals surface area contributed by atoms with E-state index in [0.717, 1.165) is 5.56 Å². The van der Waals surface area contributed by atoms with Gasteiger partial charge in [0.2, 0.25) is 5.56 Å². The molecule has 0 bridgehead atoms. The van der Waals surface area contributed by atoms with Crippen LogP contribution in [0.4, 0.5) is 0 Å². The number of nitrogens with zero attached hydrogens (tertiary/aromatic N) is 1. The smallest absolute Gasteiger partial charge is 0.250 e. The zero-order valence-electron chi connectivity index (χ0n) is 7.40. The molecular weight excluding hydrogens is 170 g/mol. The van der Waals surface area contributed by atoms with Crippen LogP contribution in [0.2, 0.25) is 0 Å². The van der Waals surface area contributed by atoms with Crippen molar-refractivity contribution in [1.29, 1.82) is 0 Å². The first-order valence-corrected chi connectivity index (χ1v) is 4.17. The third kappa shape index (κ3) is 1.64. The minimum atomic E-state index is -0.299. The maximum atomic E-state index is 11.1. The summed E-state index contributed by atoms with van der Waals surface area (Å²) in [6.07, 6.45) is 1.44. The molecule has 1 aliphatic rings. The van der Waals surface area contributed by atoms with Crippen LogP contribution >= 0.6 is 0 Å². The SMILES string of the molecule is Cn1cc(C2OCCO2)ccc1=O. The number of aromatic nitrogens is 1. The van der Waals surface area contributed by atoms with Gasteiger partial charge in [-0.15, -0.1) is 0 Å². The van der Waals surface area contributed by atoms with Crippen molar-refractivity contribution in [2.45, 2.75) is 6.29 Å². The van der Waals surface area contributed by atoms with E-state index in [9.17, 15) is 4.79 Å². The Morgan fingerprint density at radius 3 is 2.69 bits per heavy atom. The van der Waals surface area contributed by atoms with Crippen molar-refractivity contribution < 1.29 is 9.47 Å². The minimum absolute atomic E-state index is 0.0262. The van der Waals surface area contributed by atoms with E-state index in [-0.39, 0.29) is 11.8 Å². The van der Waals surface area contributed by atoms with Gasteiger partial charge in [0.1, 0.15) is 0 Å². The van der Waals surface area contributed by atoms with Gasteiger partial charge in [-0.1, -0.05) is 0 Å².